The van der Waals surface area contributed by atoms with Crippen molar-refractivity contribution in [1.82, 2.24) is 9.63 Å². The lowest BCUT2D eigenvalue weighted by Crippen LogP contribution is -2.30. The molecular formula is C13H11ClN2O4. The van der Waals surface area contributed by atoms with Crippen LogP contribution in [0.25, 0.3) is 10.9 Å². The minimum absolute atomic E-state index is 0.262. The van der Waals surface area contributed by atoms with Gasteiger partial charge >= 0.3 is 5.97 Å². The Morgan fingerprint density at radius 1 is 1.50 bits per heavy atom. The number of benzene rings is 1. The fourth-order valence-corrected chi connectivity index (χ4v) is 2.88. The van der Waals surface area contributed by atoms with Gasteiger partial charge in [0.05, 0.1) is 24.1 Å². The monoisotopic (exact) mass is 294 g/mol. The fraction of sp³-hybridized carbons (Fsp3) is 0.231. The second-order valence-corrected chi connectivity index (χ2v) is 4.88. The molecule has 0 aliphatic carbocycles. The van der Waals surface area contributed by atoms with Crippen molar-refractivity contribution in [1.29, 1.82) is 0 Å². The molecule has 0 radical (unpaired) electrons. The number of carboxylic acid groups (broad SMARTS) is 1. The molecule has 0 fully saturated rings. The number of hydrogen-bond acceptors (Lipinski definition) is 3. The van der Waals surface area contributed by atoms with Crippen LogP contribution in [0, 0.1) is 0 Å². The highest BCUT2D eigenvalue weighted by atomic mass is 35.5. The molecule has 6 nitrogen and oxygen atoms in total. The number of nitrogens with zero attached hydrogens (tertiary/aromatic N) is 2. The lowest BCUT2D eigenvalue weighted by molar-refractivity contribution is -0.153. The van der Waals surface area contributed by atoms with Gasteiger partial charge in [0.2, 0.25) is 0 Å². The first-order valence-electron chi connectivity index (χ1n) is 5.93. The average molecular weight is 295 g/mol. The number of carboxylic acids is 1. The van der Waals surface area contributed by atoms with Gasteiger partial charge in [-0.3, -0.25) is 14.4 Å². The molecule has 1 aromatic heterocycles. The molecule has 1 aliphatic rings. The summed E-state index contributed by atoms with van der Waals surface area (Å²) in [5, 5.41) is 11.4. The summed E-state index contributed by atoms with van der Waals surface area (Å²) in [4.78, 5) is 28.3. The molecule has 1 unspecified atom stereocenters. The van der Waals surface area contributed by atoms with Crippen molar-refractivity contribution in [3.63, 3.8) is 0 Å². The number of carbonyl (C=O) groups is 2. The summed E-state index contributed by atoms with van der Waals surface area (Å²) < 4.78 is 1.62. The molecule has 104 valence electrons. The summed E-state index contributed by atoms with van der Waals surface area (Å²) in [6.45, 7) is 0. The van der Waals surface area contributed by atoms with E-state index in [1.54, 1.807) is 22.8 Å². The Balaban J connectivity index is 2.26. The van der Waals surface area contributed by atoms with Crippen LogP contribution in [-0.2, 0) is 9.63 Å². The second kappa shape index (κ2) is 4.50. The molecule has 1 N–H and O–H groups in total. The van der Waals surface area contributed by atoms with E-state index in [1.807, 2.05) is 6.07 Å². The zero-order chi connectivity index (χ0) is 14.4. The van der Waals surface area contributed by atoms with Crippen LogP contribution in [0.4, 0.5) is 0 Å². The maximum Gasteiger partial charge on any atom is 0.307 e. The van der Waals surface area contributed by atoms with Gasteiger partial charge in [-0.2, -0.15) is 5.06 Å². The van der Waals surface area contributed by atoms with Crippen LogP contribution >= 0.6 is 11.6 Å². The van der Waals surface area contributed by atoms with Crippen molar-refractivity contribution < 1.29 is 19.5 Å². The first-order valence-corrected chi connectivity index (χ1v) is 6.31. The van der Waals surface area contributed by atoms with Crippen LogP contribution in [0.2, 0.25) is 5.02 Å². The molecule has 3 rings (SSSR count). The normalized spacial score (nSPS) is 17.8. The summed E-state index contributed by atoms with van der Waals surface area (Å²) in [6, 6.07) is 7.01. The molecule has 7 heteroatoms. The van der Waals surface area contributed by atoms with Crippen molar-refractivity contribution in [2.45, 2.75) is 12.6 Å². The van der Waals surface area contributed by atoms with Crippen LogP contribution in [-0.4, -0.2) is 33.7 Å². The van der Waals surface area contributed by atoms with E-state index in [0.29, 0.717) is 16.2 Å². The molecule has 1 aliphatic heterocycles. The Bertz CT molecular complexity index is 724. The van der Waals surface area contributed by atoms with Crippen molar-refractivity contribution in [2.24, 2.45) is 0 Å². The number of hydrogen-bond donors (Lipinski definition) is 1. The number of fused-ring (bicyclic) bond motifs is 3. The molecule has 1 aromatic carbocycles. The summed E-state index contributed by atoms with van der Waals surface area (Å²) in [7, 11) is 1.34. The predicted molar refractivity (Wildman–Crippen MR) is 71.4 cm³/mol. The number of hydroxylamine groups is 2. The van der Waals surface area contributed by atoms with Crippen LogP contribution in [0.3, 0.4) is 0 Å². The van der Waals surface area contributed by atoms with E-state index in [-0.39, 0.29) is 12.3 Å². The van der Waals surface area contributed by atoms with Gasteiger partial charge in [-0.1, -0.05) is 23.7 Å². The summed E-state index contributed by atoms with van der Waals surface area (Å²) in [5.74, 6) is -1.39. The third-order valence-electron chi connectivity index (χ3n) is 3.35. The smallest absolute Gasteiger partial charge is 0.307 e. The molecule has 0 bridgehead atoms. The Hall–Kier alpha value is -2.05. The highest BCUT2D eigenvalue weighted by Crippen LogP contribution is 2.38. The number of aliphatic carboxylic acids is 1. The number of rotatable bonds is 3. The van der Waals surface area contributed by atoms with Crippen molar-refractivity contribution in [2.75, 3.05) is 7.11 Å². The molecule has 1 amide bonds. The predicted octanol–water partition coefficient (Wildman–Crippen LogP) is 2.29. The van der Waals surface area contributed by atoms with Crippen LogP contribution in [0.15, 0.2) is 24.3 Å². The van der Waals surface area contributed by atoms with Crippen LogP contribution in [0.1, 0.15) is 23.1 Å². The topological polar surface area (TPSA) is 71.8 Å². The highest BCUT2D eigenvalue weighted by Gasteiger charge is 2.40. The Labute approximate surface area is 119 Å². The molecule has 1 atom stereocenters. The SMILES string of the molecule is CON1C(=O)c2cc3cccc(Cl)c3n2C1CC(=O)O. The average Bonchev–Trinajstić information content (AvgIpc) is 2.87. The van der Waals surface area contributed by atoms with E-state index in [0.717, 1.165) is 10.4 Å². The lowest BCUT2D eigenvalue weighted by atomic mass is 10.2. The van der Waals surface area contributed by atoms with Crippen molar-refractivity contribution in [3.05, 3.63) is 35.0 Å². The van der Waals surface area contributed by atoms with Gasteiger partial charge in [0.15, 0.2) is 0 Å². The fourth-order valence-electron chi connectivity index (χ4n) is 2.60. The van der Waals surface area contributed by atoms with Crippen molar-refractivity contribution in [3.8, 4) is 0 Å². The van der Waals surface area contributed by atoms with Gasteiger partial charge in [0.1, 0.15) is 11.9 Å². The number of amides is 1. The van der Waals surface area contributed by atoms with E-state index in [1.165, 1.54) is 7.11 Å². The Morgan fingerprint density at radius 3 is 2.90 bits per heavy atom. The molecule has 0 saturated heterocycles. The maximum absolute atomic E-state index is 12.2. The van der Waals surface area contributed by atoms with E-state index in [9.17, 15) is 9.59 Å². The van der Waals surface area contributed by atoms with Gasteiger partial charge < -0.3 is 9.67 Å². The third kappa shape index (κ3) is 1.69. The largest absolute Gasteiger partial charge is 0.481 e. The molecule has 0 saturated carbocycles. The minimum atomic E-state index is -1.02. The Kier molecular flexibility index (Phi) is 2.92. The summed E-state index contributed by atoms with van der Waals surface area (Å²) in [6.07, 6.45) is -1.00. The maximum atomic E-state index is 12.2. The first kappa shape index (κ1) is 13.0. The van der Waals surface area contributed by atoms with Gasteiger partial charge in [-0.15, -0.1) is 0 Å². The third-order valence-corrected chi connectivity index (χ3v) is 3.66. The quantitative estimate of drug-likeness (QED) is 0.942. The highest BCUT2D eigenvalue weighted by molar-refractivity contribution is 6.35. The van der Waals surface area contributed by atoms with Gasteiger partial charge in [-0.05, 0) is 12.1 Å². The molecular weight excluding hydrogens is 284 g/mol. The first-order chi connectivity index (χ1) is 9.54. The van der Waals surface area contributed by atoms with E-state index >= 15 is 0 Å². The summed E-state index contributed by atoms with van der Waals surface area (Å²) in [5.41, 5.74) is 1.02. The summed E-state index contributed by atoms with van der Waals surface area (Å²) >= 11 is 6.18. The molecule has 2 aromatic rings. The number of halogens is 1. The molecule has 2 heterocycles. The second-order valence-electron chi connectivity index (χ2n) is 4.47. The zero-order valence-electron chi connectivity index (χ0n) is 10.5. The number of aromatic nitrogens is 1. The van der Waals surface area contributed by atoms with E-state index in [4.69, 9.17) is 21.5 Å². The van der Waals surface area contributed by atoms with Gasteiger partial charge in [0, 0.05) is 5.39 Å². The molecule has 20 heavy (non-hydrogen) atoms. The van der Waals surface area contributed by atoms with Gasteiger partial charge in [0.25, 0.3) is 5.91 Å². The number of para-hydroxylation sites is 1. The van der Waals surface area contributed by atoms with E-state index < -0.39 is 12.1 Å². The van der Waals surface area contributed by atoms with Crippen LogP contribution in [0.5, 0.6) is 0 Å². The lowest BCUT2D eigenvalue weighted by Gasteiger charge is -2.22. The minimum Gasteiger partial charge on any atom is -0.481 e. The Morgan fingerprint density at radius 2 is 2.25 bits per heavy atom. The van der Waals surface area contributed by atoms with Crippen molar-refractivity contribution >= 4 is 34.4 Å². The zero-order valence-corrected chi connectivity index (χ0v) is 11.3. The van der Waals surface area contributed by atoms with E-state index in [2.05, 4.69) is 0 Å². The standard InChI is InChI=1S/C13H11ClN2O4/c1-20-16-10(6-11(17)18)15-9(13(16)19)5-7-3-2-4-8(14)12(7)15/h2-5,10H,6H2,1H3,(H,17,18). The number of carbonyl (C=O) groups excluding carboxylic acids is 1. The molecule has 0 spiro atoms. The van der Waals surface area contributed by atoms with Crippen LogP contribution < -0.4 is 0 Å². The van der Waals surface area contributed by atoms with Gasteiger partial charge in [-0.25, -0.2) is 0 Å².